The molecule has 172 valence electrons. The molecule has 1 aromatic heterocycles. The Kier molecular flexibility index (Phi) is 4.55. The van der Waals surface area contributed by atoms with E-state index in [2.05, 4.69) is 0 Å². The van der Waals surface area contributed by atoms with E-state index in [-0.39, 0.29) is 45.8 Å². The van der Waals surface area contributed by atoms with Crippen molar-refractivity contribution in [1.29, 1.82) is 0 Å². The van der Waals surface area contributed by atoms with Crippen LogP contribution in [0.15, 0.2) is 56.5 Å². The Morgan fingerprint density at radius 3 is 2.55 bits per heavy atom. The number of carboxylic acids is 1. The van der Waals surface area contributed by atoms with Gasteiger partial charge in [-0.25, -0.2) is 8.42 Å². The van der Waals surface area contributed by atoms with Crippen LogP contribution in [0.1, 0.15) is 12.3 Å². The number of carbonyl (C=O) groups is 1. The van der Waals surface area contributed by atoms with Crippen molar-refractivity contribution in [2.24, 2.45) is 0 Å². The summed E-state index contributed by atoms with van der Waals surface area (Å²) in [5, 5.41) is 9.49. The minimum atomic E-state index is -4.77. The van der Waals surface area contributed by atoms with Gasteiger partial charge in [0, 0.05) is 6.07 Å². The van der Waals surface area contributed by atoms with E-state index in [1.165, 1.54) is 39.8 Å². The predicted molar refractivity (Wildman–Crippen MR) is 108 cm³/mol. The molecule has 5 rings (SSSR count). The lowest BCUT2D eigenvalue weighted by Crippen LogP contribution is -2.47. The van der Waals surface area contributed by atoms with Crippen LogP contribution in [0.3, 0.4) is 0 Å². The molecule has 2 aromatic carbocycles. The molecule has 0 amide bonds. The highest BCUT2D eigenvalue weighted by molar-refractivity contribution is 7.86. The van der Waals surface area contributed by atoms with Gasteiger partial charge in [-0.3, -0.25) is 14.2 Å². The number of aromatic nitrogens is 1. The number of ether oxygens (including phenoxy) is 1. The Balaban J connectivity index is 1.70. The fourth-order valence-corrected chi connectivity index (χ4v) is 4.97. The first-order chi connectivity index (χ1) is 15.4. The maximum atomic E-state index is 11.6. The van der Waals surface area contributed by atoms with E-state index in [0.717, 1.165) is 12.1 Å². The van der Waals surface area contributed by atoms with Crippen molar-refractivity contribution in [3.8, 4) is 5.75 Å². The fourth-order valence-electron chi connectivity index (χ4n) is 3.98. The van der Waals surface area contributed by atoms with E-state index in [0.29, 0.717) is 0 Å². The maximum absolute atomic E-state index is 11.6. The van der Waals surface area contributed by atoms with Crippen molar-refractivity contribution < 1.29 is 49.6 Å². The van der Waals surface area contributed by atoms with Crippen molar-refractivity contribution in [3.05, 3.63) is 48.2 Å². The van der Waals surface area contributed by atoms with Gasteiger partial charge < -0.3 is 18.8 Å². The molecule has 0 radical (unpaired) electrons. The van der Waals surface area contributed by atoms with Crippen LogP contribution < -0.4 is 14.2 Å². The molecule has 2 aliphatic rings. The van der Waals surface area contributed by atoms with Crippen LogP contribution in [0.4, 0.5) is 5.69 Å². The van der Waals surface area contributed by atoms with Crippen LogP contribution in [0.2, 0.25) is 0 Å². The first-order valence-corrected chi connectivity index (χ1v) is 12.2. The molecule has 2 aliphatic heterocycles. The number of carboxylic acid groups (broad SMARTS) is 1. The second-order valence-corrected chi connectivity index (χ2v) is 10.2. The van der Waals surface area contributed by atoms with Gasteiger partial charge in [0.25, 0.3) is 15.6 Å². The number of hydrogen-bond donors (Lipinski definition) is 2. The van der Waals surface area contributed by atoms with E-state index < -0.39 is 43.6 Å². The molecule has 33 heavy (non-hydrogen) atoms. The number of fused-ring (bicyclic) bond motifs is 6. The van der Waals surface area contributed by atoms with Gasteiger partial charge in [0.15, 0.2) is 12.3 Å². The van der Waals surface area contributed by atoms with Crippen LogP contribution in [0.25, 0.3) is 17.2 Å². The second-order valence-electron chi connectivity index (χ2n) is 7.45. The summed E-state index contributed by atoms with van der Waals surface area (Å²) in [7, 11) is -9.27. The van der Waals surface area contributed by atoms with Crippen molar-refractivity contribution in [2.75, 3.05) is 4.90 Å². The molecule has 2 N–H and O–H groups in total. The lowest BCUT2D eigenvalue weighted by Gasteiger charge is -2.24. The van der Waals surface area contributed by atoms with E-state index >= 15 is 0 Å². The summed E-state index contributed by atoms with van der Waals surface area (Å²) in [6.07, 6.45) is 1.03. The highest BCUT2D eigenvalue weighted by Crippen LogP contribution is 2.43. The average molecular weight is 494 g/mol. The minimum absolute atomic E-state index is 0.0271. The Hall–Kier alpha value is -3.46. The highest BCUT2D eigenvalue weighted by Gasteiger charge is 2.41. The zero-order valence-corrected chi connectivity index (χ0v) is 18.0. The third-order valence-corrected chi connectivity index (χ3v) is 7.03. The zero-order chi connectivity index (χ0) is 23.7. The Bertz CT molecular complexity index is 1590. The first kappa shape index (κ1) is 21.4. The molecule has 3 heterocycles. The van der Waals surface area contributed by atoms with Gasteiger partial charge >= 0.3 is 11.9 Å². The minimum Gasteiger partial charge on any atom is -0.744 e. The maximum Gasteiger partial charge on any atom is 0.379 e. The molecule has 0 bridgehead atoms. The van der Waals surface area contributed by atoms with Gasteiger partial charge in [-0.05, 0) is 30.3 Å². The highest BCUT2D eigenvalue weighted by atomic mass is 32.2. The summed E-state index contributed by atoms with van der Waals surface area (Å²) in [5.41, 5.74) is 0.759. The van der Waals surface area contributed by atoms with Crippen LogP contribution >= 0.6 is 0 Å². The molecule has 0 saturated heterocycles. The Morgan fingerprint density at radius 2 is 1.88 bits per heavy atom. The summed E-state index contributed by atoms with van der Waals surface area (Å²) in [6.45, 7) is -0.0271. The standard InChI is InChI=1S/C19H14N2O10S2/c22-19(23)5-10-9-20-13-6-11(32(24,25)26)1-3-15(13)30-17(20)8-18-21(10)14-7-12(33(27,28)29)2-4-16(14)31-18/h1-4,6-8,10H,5,9H2,(H2-,22,23,24,25,26,27,28,29). The Morgan fingerprint density at radius 1 is 1.15 bits per heavy atom. The monoisotopic (exact) mass is 494 g/mol. The van der Waals surface area contributed by atoms with E-state index in [4.69, 9.17) is 9.15 Å². The van der Waals surface area contributed by atoms with Crippen LogP contribution in [0, 0.1) is 0 Å². The molecular formula is C19H14N2O10S2. The number of benzene rings is 2. The molecule has 3 aromatic rings. The zero-order valence-electron chi connectivity index (χ0n) is 16.4. The molecule has 14 heteroatoms. The summed E-state index contributed by atoms with van der Waals surface area (Å²) >= 11 is 0. The van der Waals surface area contributed by atoms with Crippen LogP contribution in [-0.2, 0) is 31.6 Å². The average Bonchev–Trinajstić information content (AvgIpc) is 3.18. The number of hydrogen-bond acceptors (Lipinski definition) is 9. The van der Waals surface area contributed by atoms with Gasteiger partial charge in [0.1, 0.15) is 27.1 Å². The van der Waals surface area contributed by atoms with E-state index in [1.807, 2.05) is 0 Å². The topological polar surface area (TPSA) is 178 Å². The third kappa shape index (κ3) is 3.62. The number of anilines is 1. The largest absolute Gasteiger partial charge is 0.744 e. The van der Waals surface area contributed by atoms with Gasteiger partial charge in [0.05, 0.1) is 17.0 Å². The molecule has 0 spiro atoms. The van der Waals surface area contributed by atoms with Crippen molar-refractivity contribution >= 4 is 49.1 Å². The van der Waals surface area contributed by atoms with Crippen LogP contribution in [-0.4, -0.2) is 43.1 Å². The Labute approximate surface area is 186 Å². The van der Waals surface area contributed by atoms with Crippen molar-refractivity contribution in [3.63, 3.8) is 0 Å². The van der Waals surface area contributed by atoms with Gasteiger partial charge in [-0.1, -0.05) is 0 Å². The lowest BCUT2D eigenvalue weighted by molar-refractivity contribution is -0.679. The normalized spacial score (nSPS) is 17.6. The second kappa shape index (κ2) is 7.02. The molecule has 0 fully saturated rings. The van der Waals surface area contributed by atoms with Crippen LogP contribution in [0.5, 0.6) is 5.75 Å². The molecule has 0 saturated carbocycles. The smallest absolute Gasteiger partial charge is 0.379 e. The quantitative estimate of drug-likeness (QED) is 0.389. The summed E-state index contributed by atoms with van der Waals surface area (Å²) < 4.78 is 80.2. The summed E-state index contributed by atoms with van der Waals surface area (Å²) in [6, 6.07) is 6.40. The van der Waals surface area contributed by atoms with Gasteiger partial charge in [-0.2, -0.15) is 13.0 Å². The number of oxazole rings is 1. The molecular weight excluding hydrogens is 480 g/mol. The number of aliphatic carboxylic acids is 1. The third-order valence-electron chi connectivity index (χ3n) is 5.35. The van der Waals surface area contributed by atoms with E-state index in [9.17, 15) is 35.8 Å². The molecule has 1 atom stereocenters. The van der Waals surface area contributed by atoms with Gasteiger partial charge in [0.2, 0.25) is 11.5 Å². The fraction of sp³-hybridized carbons (Fsp3) is 0.158. The summed E-state index contributed by atoms with van der Waals surface area (Å²) in [5.74, 6) is -0.593. The predicted octanol–water partition coefficient (Wildman–Crippen LogP) is 0.925. The number of rotatable bonds is 4. The molecule has 12 nitrogen and oxygen atoms in total. The summed E-state index contributed by atoms with van der Waals surface area (Å²) in [4.78, 5) is 12.2. The number of nitrogens with zero attached hydrogens (tertiary/aromatic N) is 2. The van der Waals surface area contributed by atoms with Crippen molar-refractivity contribution in [2.45, 2.75) is 28.8 Å². The first-order valence-electron chi connectivity index (χ1n) is 9.36. The lowest BCUT2D eigenvalue weighted by atomic mass is 10.1. The molecule has 0 aliphatic carbocycles. The SMILES string of the molecule is O=C(O)CC1C[n+]2c(oc3ccc(S(=O)(=O)O)cc32)C=C2Oc3ccc(S(=O)(=O)[O-])cc3N21. The molecule has 1 unspecified atom stereocenters. The van der Waals surface area contributed by atoms with Gasteiger partial charge in [-0.15, -0.1) is 0 Å². The van der Waals surface area contributed by atoms with Crippen molar-refractivity contribution in [1.82, 2.24) is 0 Å². The van der Waals surface area contributed by atoms with E-state index in [1.54, 1.807) is 0 Å².